The molecular formula is C18H20N4O3. The fraction of sp³-hybridized carbons (Fsp3) is 0.278. The fourth-order valence-corrected chi connectivity index (χ4v) is 2.37. The minimum Gasteiger partial charge on any atom is -0.489 e. The van der Waals surface area contributed by atoms with Crippen LogP contribution in [0.15, 0.2) is 41.1 Å². The molecule has 3 aromatic rings. The van der Waals surface area contributed by atoms with Crippen LogP contribution < -0.4 is 10.1 Å². The lowest BCUT2D eigenvalue weighted by molar-refractivity contribution is 0.101. The van der Waals surface area contributed by atoms with Crippen molar-refractivity contribution in [2.75, 3.05) is 5.32 Å². The summed E-state index contributed by atoms with van der Waals surface area (Å²) in [5.41, 5.74) is 2.06. The lowest BCUT2D eigenvalue weighted by Crippen LogP contribution is -2.16. The number of hydrogen-bond donors (Lipinski definition) is 1. The molecule has 1 N–H and O–H groups in total. The first-order valence-corrected chi connectivity index (χ1v) is 8.04. The van der Waals surface area contributed by atoms with Crippen molar-refractivity contribution in [1.29, 1.82) is 0 Å². The van der Waals surface area contributed by atoms with E-state index in [1.807, 2.05) is 24.3 Å². The van der Waals surface area contributed by atoms with E-state index in [0.29, 0.717) is 17.1 Å². The van der Waals surface area contributed by atoms with E-state index in [9.17, 15) is 4.79 Å². The van der Waals surface area contributed by atoms with Crippen molar-refractivity contribution >= 4 is 11.7 Å². The minimum absolute atomic E-state index is 0.200. The standard InChI is InChI=1S/C18H20N4O3/c1-4-13-5-7-14(8-6-13)24-11-15-12(2)25-21-17(15)18(23)19-16-9-10-22(3)20-16/h5-10H,4,11H2,1-3H3,(H,19,20,23). The van der Waals surface area contributed by atoms with Crippen LogP contribution in [0.2, 0.25) is 0 Å². The SMILES string of the molecule is CCc1ccc(OCc2c(C(=O)Nc3ccn(C)n3)noc2C)cc1. The van der Waals surface area contributed by atoms with Crippen LogP contribution in [0.1, 0.15) is 34.3 Å². The zero-order valence-corrected chi connectivity index (χ0v) is 14.4. The normalized spacial score (nSPS) is 10.7. The molecule has 2 aromatic heterocycles. The molecule has 25 heavy (non-hydrogen) atoms. The Balaban J connectivity index is 1.71. The Morgan fingerprint density at radius 1 is 1.28 bits per heavy atom. The van der Waals surface area contributed by atoms with E-state index in [1.165, 1.54) is 5.56 Å². The zero-order valence-electron chi connectivity index (χ0n) is 14.4. The van der Waals surface area contributed by atoms with Crippen LogP contribution in [-0.2, 0) is 20.1 Å². The summed E-state index contributed by atoms with van der Waals surface area (Å²) in [4.78, 5) is 12.4. The number of hydrogen-bond acceptors (Lipinski definition) is 5. The molecule has 0 unspecified atom stereocenters. The van der Waals surface area contributed by atoms with Crippen molar-refractivity contribution in [3.63, 3.8) is 0 Å². The van der Waals surface area contributed by atoms with Crippen LogP contribution in [0, 0.1) is 6.92 Å². The summed E-state index contributed by atoms with van der Waals surface area (Å²) in [7, 11) is 1.78. The number of anilines is 1. The zero-order chi connectivity index (χ0) is 17.8. The van der Waals surface area contributed by atoms with Crippen LogP contribution in [-0.4, -0.2) is 20.8 Å². The van der Waals surface area contributed by atoms with E-state index < -0.39 is 0 Å². The summed E-state index contributed by atoms with van der Waals surface area (Å²) < 4.78 is 12.5. The number of benzene rings is 1. The second-order valence-electron chi connectivity index (χ2n) is 5.68. The third-order valence-corrected chi connectivity index (χ3v) is 3.87. The molecule has 0 spiro atoms. The Bertz CT molecular complexity index is 865. The van der Waals surface area contributed by atoms with Gasteiger partial charge in [0.25, 0.3) is 5.91 Å². The molecule has 2 heterocycles. The monoisotopic (exact) mass is 340 g/mol. The van der Waals surface area contributed by atoms with Gasteiger partial charge in [-0.3, -0.25) is 9.48 Å². The number of rotatable bonds is 6. The molecule has 0 fully saturated rings. The number of ether oxygens (including phenoxy) is 1. The van der Waals surface area contributed by atoms with Crippen LogP contribution in [0.4, 0.5) is 5.82 Å². The van der Waals surface area contributed by atoms with Crippen molar-refractivity contribution in [3.8, 4) is 5.75 Å². The van der Waals surface area contributed by atoms with Crippen LogP contribution in [0.25, 0.3) is 0 Å². The molecule has 7 nitrogen and oxygen atoms in total. The highest BCUT2D eigenvalue weighted by atomic mass is 16.5. The Morgan fingerprint density at radius 2 is 2.04 bits per heavy atom. The maximum atomic E-state index is 12.4. The van der Waals surface area contributed by atoms with Gasteiger partial charge in [0.1, 0.15) is 18.1 Å². The average Bonchev–Trinajstić information content (AvgIpc) is 3.19. The van der Waals surface area contributed by atoms with Crippen LogP contribution in [0.5, 0.6) is 5.75 Å². The summed E-state index contributed by atoms with van der Waals surface area (Å²) in [6, 6.07) is 9.57. The Labute approximate surface area is 145 Å². The van der Waals surface area contributed by atoms with Crippen molar-refractivity contribution in [2.45, 2.75) is 26.9 Å². The number of nitrogens with one attached hydrogen (secondary N) is 1. The predicted molar refractivity (Wildman–Crippen MR) is 92.6 cm³/mol. The lowest BCUT2D eigenvalue weighted by atomic mass is 10.1. The van der Waals surface area contributed by atoms with Gasteiger partial charge >= 0.3 is 0 Å². The van der Waals surface area contributed by atoms with Crippen molar-refractivity contribution < 1.29 is 14.1 Å². The minimum atomic E-state index is -0.379. The molecule has 3 rings (SSSR count). The van der Waals surface area contributed by atoms with Gasteiger partial charge in [-0.15, -0.1) is 0 Å². The Morgan fingerprint density at radius 3 is 2.68 bits per heavy atom. The molecule has 1 aromatic carbocycles. The van der Waals surface area contributed by atoms with Crippen molar-refractivity contribution in [3.05, 3.63) is 59.1 Å². The van der Waals surface area contributed by atoms with Gasteiger partial charge in [-0.2, -0.15) is 5.10 Å². The van der Waals surface area contributed by atoms with Gasteiger partial charge in [0.2, 0.25) is 0 Å². The summed E-state index contributed by atoms with van der Waals surface area (Å²) in [5, 5.41) is 10.7. The molecule has 7 heteroatoms. The highest BCUT2D eigenvalue weighted by Crippen LogP contribution is 2.19. The summed E-state index contributed by atoms with van der Waals surface area (Å²) in [6.45, 7) is 4.05. The lowest BCUT2D eigenvalue weighted by Gasteiger charge is -2.07. The molecule has 0 saturated carbocycles. The maximum absolute atomic E-state index is 12.4. The van der Waals surface area contributed by atoms with Crippen LogP contribution in [0.3, 0.4) is 0 Å². The summed E-state index contributed by atoms with van der Waals surface area (Å²) >= 11 is 0. The van der Waals surface area contributed by atoms with Gasteiger partial charge in [0.15, 0.2) is 11.5 Å². The number of aryl methyl sites for hydroxylation is 3. The molecule has 0 aliphatic rings. The molecule has 0 bridgehead atoms. The number of carbonyl (C=O) groups is 1. The van der Waals surface area contributed by atoms with E-state index in [1.54, 1.807) is 30.9 Å². The molecular weight excluding hydrogens is 320 g/mol. The smallest absolute Gasteiger partial charge is 0.279 e. The first-order chi connectivity index (χ1) is 12.1. The molecule has 0 aliphatic carbocycles. The van der Waals surface area contributed by atoms with Gasteiger partial charge < -0.3 is 14.6 Å². The second-order valence-corrected chi connectivity index (χ2v) is 5.68. The third kappa shape index (κ3) is 3.88. The van der Waals surface area contributed by atoms with Gasteiger partial charge in [0, 0.05) is 19.3 Å². The summed E-state index contributed by atoms with van der Waals surface area (Å²) in [6.07, 6.45) is 2.72. The second kappa shape index (κ2) is 7.21. The van der Waals surface area contributed by atoms with Gasteiger partial charge in [-0.05, 0) is 31.0 Å². The van der Waals surface area contributed by atoms with Gasteiger partial charge in [-0.25, -0.2) is 0 Å². The fourth-order valence-electron chi connectivity index (χ4n) is 2.37. The first kappa shape index (κ1) is 16.8. The van der Waals surface area contributed by atoms with Crippen LogP contribution >= 0.6 is 0 Å². The Kier molecular flexibility index (Phi) is 4.83. The Hall–Kier alpha value is -3.09. The van der Waals surface area contributed by atoms with Crippen molar-refractivity contribution in [1.82, 2.24) is 14.9 Å². The quantitative estimate of drug-likeness (QED) is 0.745. The molecule has 0 saturated heterocycles. The average molecular weight is 340 g/mol. The first-order valence-electron chi connectivity index (χ1n) is 8.04. The molecule has 0 aliphatic heterocycles. The van der Waals surface area contributed by atoms with Gasteiger partial charge in [-0.1, -0.05) is 24.2 Å². The van der Waals surface area contributed by atoms with E-state index in [2.05, 4.69) is 22.5 Å². The molecule has 1 amide bonds. The number of carbonyl (C=O) groups excluding carboxylic acids is 1. The number of aromatic nitrogens is 3. The predicted octanol–water partition coefficient (Wildman–Crippen LogP) is 3.11. The largest absolute Gasteiger partial charge is 0.489 e. The van der Waals surface area contributed by atoms with E-state index >= 15 is 0 Å². The summed E-state index contributed by atoms with van der Waals surface area (Å²) in [5.74, 6) is 1.36. The van der Waals surface area contributed by atoms with Gasteiger partial charge in [0.05, 0.1) is 5.56 Å². The number of amides is 1. The maximum Gasteiger partial charge on any atom is 0.279 e. The highest BCUT2D eigenvalue weighted by molar-refractivity contribution is 6.03. The van der Waals surface area contributed by atoms with E-state index in [-0.39, 0.29) is 18.2 Å². The van der Waals surface area contributed by atoms with E-state index in [0.717, 1.165) is 12.2 Å². The topological polar surface area (TPSA) is 82.2 Å². The number of nitrogens with zero attached hydrogens (tertiary/aromatic N) is 3. The third-order valence-electron chi connectivity index (χ3n) is 3.87. The van der Waals surface area contributed by atoms with Crippen molar-refractivity contribution in [2.24, 2.45) is 7.05 Å². The van der Waals surface area contributed by atoms with E-state index in [4.69, 9.17) is 9.26 Å². The molecule has 0 atom stereocenters. The molecule has 130 valence electrons. The highest BCUT2D eigenvalue weighted by Gasteiger charge is 2.21. The molecule has 0 radical (unpaired) electrons.